The number of rotatable bonds is 8. The molecule has 0 bridgehead atoms. The van der Waals surface area contributed by atoms with Crippen molar-refractivity contribution in [2.24, 2.45) is 4.99 Å². The molecule has 5 nitrogen and oxygen atoms in total. The Hall–Kier alpha value is -2.17. The number of hydrogen-bond acceptors (Lipinski definition) is 3. The third-order valence-electron chi connectivity index (χ3n) is 3.13. The lowest BCUT2D eigenvalue weighted by Gasteiger charge is -2.14. The second-order valence-electron chi connectivity index (χ2n) is 5.50. The van der Waals surface area contributed by atoms with Crippen LogP contribution in [0.15, 0.2) is 29.3 Å². The van der Waals surface area contributed by atoms with Gasteiger partial charge in [0.05, 0.1) is 18.5 Å². The van der Waals surface area contributed by atoms with Gasteiger partial charge in [-0.1, -0.05) is 0 Å². The second kappa shape index (κ2) is 10.2. The molecule has 3 N–H and O–H groups in total. The molecular formula is C16H21F6N3O2. The Morgan fingerprint density at radius 3 is 2.26 bits per heavy atom. The van der Waals surface area contributed by atoms with Gasteiger partial charge in [-0.2, -0.15) is 26.3 Å². The van der Waals surface area contributed by atoms with Crippen LogP contribution in [0.5, 0.6) is 5.75 Å². The molecule has 0 amide bonds. The van der Waals surface area contributed by atoms with Crippen LogP contribution in [0.2, 0.25) is 0 Å². The van der Waals surface area contributed by atoms with Crippen molar-refractivity contribution in [3.63, 3.8) is 0 Å². The van der Waals surface area contributed by atoms with Crippen molar-refractivity contribution in [1.82, 2.24) is 10.6 Å². The van der Waals surface area contributed by atoms with Crippen molar-refractivity contribution in [2.75, 3.05) is 26.2 Å². The number of halogens is 6. The minimum Gasteiger partial charge on any atom is -0.491 e. The predicted octanol–water partition coefficient (Wildman–Crippen LogP) is 2.95. The number of guanidine groups is 1. The summed E-state index contributed by atoms with van der Waals surface area (Å²) in [5, 5.41) is 15.0. The molecule has 0 fully saturated rings. The van der Waals surface area contributed by atoms with Crippen molar-refractivity contribution in [2.45, 2.75) is 31.8 Å². The van der Waals surface area contributed by atoms with Crippen LogP contribution in [0.4, 0.5) is 26.3 Å². The van der Waals surface area contributed by atoms with Crippen LogP contribution in [0.3, 0.4) is 0 Å². The van der Waals surface area contributed by atoms with E-state index in [1.165, 1.54) is 0 Å². The molecule has 1 aromatic carbocycles. The van der Waals surface area contributed by atoms with E-state index < -0.39 is 30.4 Å². The topological polar surface area (TPSA) is 65.9 Å². The Kier molecular flexibility index (Phi) is 8.67. The van der Waals surface area contributed by atoms with E-state index in [1.807, 2.05) is 0 Å². The molecule has 0 heterocycles. The Labute approximate surface area is 152 Å². The molecular weight excluding hydrogens is 380 g/mol. The SMILES string of the molecule is CCNC(=NCC(O)COc1ccc(C(F)(F)F)cc1)NCCC(F)(F)F. The smallest absolute Gasteiger partial charge is 0.416 e. The first-order valence-electron chi connectivity index (χ1n) is 8.08. The number of alkyl halides is 6. The van der Waals surface area contributed by atoms with Crippen LogP contribution >= 0.6 is 0 Å². The van der Waals surface area contributed by atoms with Gasteiger partial charge < -0.3 is 20.5 Å². The normalized spacial score (nSPS) is 14.0. The molecule has 1 rings (SSSR count). The number of nitrogens with zero attached hydrogens (tertiary/aromatic N) is 1. The van der Waals surface area contributed by atoms with Crippen LogP contribution in [-0.2, 0) is 6.18 Å². The molecule has 27 heavy (non-hydrogen) atoms. The zero-order chi connectivity index (χ0) is 20.5. The average Bonchev–Trinajstić information content (AvgIpc) is 2.56. The van der Waals surface area contributed by atoms with Gasteiger partial charge in [-0.15, -0.1) is 0 Å². The van der Waals surface area contributed by atoms with Crippen LogP contribution in [0.25, 0.3) is 0 Å². The van der Waals surface area contributed by atoms with E-state index in [0.717, 1.165) is 24.3 Å². The van der Waals surface area contributed by atoms with Crippen LogP contribution in [0.1, 0.15) is 18.9 Å². The second-order valence-corrected chi connectivity index (χ2v) is 5.50. The van der Waals surface area contributed by atoms with Gasteiger partial charge in [0.15, 0.2) is 5.96 Å². The summed E-state index contributed by atoms with van der Waals surface area (Å²) in [5.41, 5.74) is -0.819. The van der Waals surface area contributed by atoms with Crippen molar-refractivity contribution < 1.29 is 36.2 Å². The summed E-state index contributed by atoms with van der Waals surface area (Å²) < 4.78 is 79.0. The third kappa shape index (κ3) is 9.92. The molecule has 0 radical (unpaired) electrons. The van der Waals surface area contributed by atoms with Crippen molar-refractivity contribution in [3.05, 3.63) is 29.8 Å². The fraction of sp³-hybridized carbons (Fsp3) is 0.562. The number of benzene rings is 1. The summed E-state index contributed by atoms with van der Waals surface area (Å²) in [5.74, 6) is 0.247. The Morgan fingerprint density at radius 1 is 1.11 bits per heavy atom. The highest BCUT2D eigenvalue weighted by Crippen LogP contribution is 2.30. The van der Waals surface area contributed by atoms with Gasteiger partial charge >= 0.3 is 12.4 Å². The maximum atomic E-state index is 12.5. The van der Waals surface area contributed by atoms with E-state index in [0.29, 0.717) is 6.54 Å². The Morgan fingerprint density at radius 2 is 1.74 bits per heavy atom. The highest BCUT2D eigenvalue weighted by Gasteiger charge is 2.30. The molecule has 1 atom stereocenters. The van der Waals surface area contributed by atoms with Gasteiger partial charge in [0, 0.05) is 13.1 Å². The van der Waals surface area contributed by atoms with E-state index in [4.69, 9.17) is 4.74 Å². The minimum atomic E-state index is -4.45. The van der Waals surface area contributed by atoms with Crippen LogP contribution < -0.4 is 15.4 Å². The zero-order valence-corrected chi connectivity index (χ0v) is 14.5. The lowest BCUT2D eigenvalue weighted by atomic mass is 10.2. The molecule has 1 aromatic rings. The molecule has 0 aromatic heterocycles. The lowest BCUT2D eigenvalue weighted by Crippen LogP contribution is -2.39. The maximum Gasteiger partial charge on any atom is 0.416 e. The molecule has 0 saturated heterocycles. The number of hydrogen-bond donors (Lipinski definition) is 3. The average molecular weight is 401 g/mol. The van der Waals surface area contributed by atoms with E-state index in [2.05, 4.69) is 15.6 Å². The van der Waals surface area contributed by atoms with Crippen LogP contribution in [-0.4, -0.2) is 49.6 Å². The molecule has 154 valence electrons. The summed E-state index contributed by atoms with van der Waals surface area (Å²) in [6.07, 6.45) is -10.9. The minimum absolute atomic E-state index is 0.107. The molecule has 0 spiro atoms. The fourth-order valence-corrected chi connectivity index (χ4v) is 1.85. The molecule has 0 aliphatic heterocycles. The predicted molar refractivity (Wildman–Crippen MR) is 87.6 cm³/mol. The quantitative estimate of drug-likeness (QED) is 0.356. The maximum absolute atomic E-state index is 12.5. The first-order chi connectivity index (χ1) is 12.5. The molecule has 0 aliphatic carbocycles. The molecule has 0 aliphatic rings. The van der Waals surface area contributed by atoms with E-state index >= 15 is 0 Å². The molecule has 0 saturated carbocycles. The number of ether oxygens (including phenoxy) is 1. The summed E-state index contributed by atoms with van der Waals surface area (Å²) in [7, 11) is 0. The summed E-state index contributed by atoms with van der Waals surface area (Å²) in [6, 6.07) is 3.96. The van der Waals surface area contributed by atoms with Crippen molar-refractivity contribution >= 4 is 5.96 Å². The van der Waals surface area contributed by atoms with Gasteiger partial charge in [0.1, 0.15) is 18.5 Å². The monoisotopic (exact) mass is 401 g/mol. The van der Waals surface area contributed by atoms with Gasteiger partial charge in [-0.25, -0.2) is 0 Å². The third-order valence-corrected chi connectivity index (χ3v) is 3.13. The number of aliphatic hydroxyl groups excluding tert-OH is 1. The molecule has 11 heteroatoms. The largest absolute Gasteiger partial charge is 0.491 e. The highest BCUT2D eigenvalue weighted by molar-refractivity contribution is 5.79. The zero-order valence-electron chi connectivity index (χ0n) is 14.5. The van der Waals surface area contributed by atoms with E-state index in [-0.39, 0.29) is 31.4 Å². The van der Waals surface area contributed by atoms with Gasteiger partial charge in [-0.3, -0.25) is 4.99 Å². The first-order valence-corrected chi connectivity index (χ1v) is 8.08. The summed E-state index contributed by atoms with van der Waals surface area (Å²) >= 11 is 0. The van der Waals surface area contributed by atoms with E-state index in [9.17, 15) is 31.4 Å². The standard InChI is InChI=1S/C16H21F6N3O2/c1-2-23-14(24-8-7-15(17,18)19)25-9-12(26)10-27-13-5-3-11(4-6-13)16(20,21)22/h3-6,12,26H,2,7-10H2,1H3,(H2,23,24,25). The van der Waals surface area contributed by atoms with Crippen molar-refractivity contribution in [1.29, 1.82) is 0 Å². The van der Waals surface area contributed by atoms with Gasteiger partial charge in [0.25, 0.3) is 0 Å². The highest BCUT2D eigenvalue weighted by atomic mass is 19.4. The van der Waals surface area contributed by atoms with E-state index in [1.54, 1.807) is 6.92 Å². The Bertz CT molecular complexity index is 587. The lowest BCUT2D eigenvalue weighted by molar-refractivity contribution is -0.137. The number of aliphatic hydroxyl groups is 1. The van der Waals surface area contributed by atoms with Crippen molar-refractivity contribution in [3.8, 4) is 5.75 Å². The molecule has 1 unspecified atom stereocenters. The first kappa shape index (κ1) is 22.9. The van der Waals surface area contributed by atoms with Gasteiger partial charge in [-0.05, 0) is 31.2 Å². The van der Waals surface area contributed by atoms with Gasteiger partial charge in [0.2, 0.25) is 0 Å². The number of aliphatic imine (C=N–C) groups is 1. The summed E-state index contributed by atoms with van der Waals surface area (Å²) in [4.78, 5) is 3.94. The number of nitrogens with one attached hydrogen (secondary N) is 2. The summed E-state index contributed by atoms with van der Waals surface area (Å²) in [6.45, 7) is 1.37. The Balaban J connectivity index is 2.46. The fourth-order valence-electron chi connectivity index (χ4n) is 1.85. The van der Waals surface area contributed by atoms with Crippen LogP contribution in [0, 0.1) is 0 Å².